The molecule has 0 radical (unpaired) electrons. The molecule has 6 aromatic rings. The van der Waals surface area contributed by atoms with Gasteiger partial charge in [0.2, 0.25) is 11.8 Å². The van der Waals surface area contributed by atoms with Crippen molar-refractivity contribution in [3.05, 3.63) is 108 Å². The second kappa shape index (κ2) is 21.0. The first kappa shape index (κ1) is 48.0. The Kier molecular flexibility index (Phi) is 15.3. The quantitative estimate of drug-likeness (QED) is 0.146. The number of sulfonamides is 2. The molecule has 22 heteroatoms. The van der Waals surface area contributed by atoms with Gasteiger partial charge in [-0.1, -0.05) is 24.3 Å². The summed E-state index contributed by atoms with van der Waals surface area (Å²) in [6, 6.07) is 14.5. The smallest absolute Gasteiger partial charge is 0.333 e. The number of primary sulfonamides is 1. The molecule has 0 saturated carbocycles. The summed E-state index contributed by atoms with van der Waals surface area (Å²) in [4.78, 5) is 39.8. The number of rotatable bonds is 11. The van der Waals surface area contributed by atoms with Crippen molar-refractivity contribution in [2.45, 2.75) is 48.6 Å². The third-order valence-corrected chi connectivity index (χ3v) is 12.3. The Hall–Kier alpha value is -7.48. The Bertz CT molecular complexity index is 3000. The van der Waals surface area contributed by atoms with E-state index in [4.69, 9.17) is 24.6 Å². The third-order valence-electron chi connectivity index (χ3n) is 10.3. The molecule has 0 saturated heterocycles. The third kappa shape index (κ3) is 11.6. The number of aryl methyl sites for hydroxylation is 2. The lowest BCUT2D eigenvalue weighted by Gasteiger charge is -2.17. The maximum absolute atomic E-state index is 12.8. The van der Waals surface area contributed by atoms with Crippen LogP contribution in [0.5, 0.6) is 17.5 Å². The highest BCUT2D eigenvalue weighted by atomic mass is 32.2. The summed E-state index contributed by atoms with van der Waals surface area (Å²) in [5.74, 6) is 2.46. The summed E-state index contributed by atoms with van der Waals surface area (Å²) >= 11 is 0. The van der Waals surface area contributed by atoms with Crippen LogP contribution in [-0.4, -0.2) is 95.2 Å². The number of carbonyl (C=O) groups is 1. The van der Waals surface area contributed by atoms with Gasteiger partial charge in [-0.3, -0.25) is 9.97 Å². The Morgan fingerprint density at radius 2 is 1.23 bits per heavy atom. The first-order valence-electron chi connectivity index (χ1n) is 20.2. The molecule has 0 aliphatic heterocycles. The normalized spacial score (nSPS) is 12.4. The van der Waals surface area contributed by atoms with Gasteiger partial charge in [-0.25, -0.2) is 43.0 Å². The molecule has 20 nitrogen and oxygen atoms in total. The zero-order valence-corrected chi connectivity index (χ0v) is 38.6. The summed E-state index contributed by atoms with van der Waals surface area (Å²) < 4.78 is 64.9. The summed E-state index contributed by atoms with van der Waals surface area (Å²) in [6.07, 6.45) is 16.0. The fourth-order valence-electron chi connectivity index (χ4n) is 7.14. The number of amides is 2. The van der Waals surface area contributed by atoms with E-state index in [1.54, 1.807) is 75.9 Å². The van der Waals surface area contributed by atoms with E-state index >= 15 is 0 Å². The Labute approximate surface area is 383 Å². The standard InChI is InChI=1S/C22H24N6O4S.C16H14N2O2.C6H10N4O2S/c1-28(2)18-12-23-13-20(25-18)33(30,31)27-22(29)26-21-16-6-4-5-14(16)7-8-17(21)15-9-10-24-19(11-15)32-3;1-19-15-9-12(7-8-18-15)14-6-5-11-3-2-4-13(11)16(14)20-10-17;1-10(2)5-3-8-4-6(9-5)13(7,11)12/h7-13H,4-6H2,1-3H3,(H2,26,27,29);5-9H,2-4H2,1H3;3-4H,1-2H3,(H2,7,11,12). The number of anilines is 3. The minimum atomic E-state index is -4.23. The number of benzene rings is 2. The number of methoxy groups -OCH3 is 2. The zero-order chi connectivity index (χ0) is 47.6. The minimum absolute atomic E-state index is 0.223. The summed E-state index contributed by atoms with van der Waals surface area (Å²) in [6.45, 7) is 0. The highest BCUT2D eigenvalue weighted by Gasteiger charge is 2.25. The van der Waals surface area contributed by atoms with Crippen LogP contribution >= 0.6 is 0 Å². The van der Waals surface area contributed by atoms with Crippen LogP contribution in [0.3, 0.4) is 0 Å². The van der Waals surface area contributed by atoms with Crippen molar-refractivity contribution in [1.82, 2.24) is 34.6 Å². The number of aromatic nitrogens is 6. The molecule has 344 valence electrons. The van der Waals surface area contributed by atoms with Crippen molar-refractivity contribution in [3.8, 4) is 46.0 Å². The molecule has 2 aliphatic rings. The average molecular weight is 937 g/mol. The van der Waals surface area contributed by atoms with Crippen LogP contribution in [0, 0.1) is 11.5 Å². The number of fused-ring (bicyclic) bond motifs is 2. The number of hydrogen-bond donors (Lipinski definition) is 3. The number of carbonyl (C=O) groups excluding carboxylic acids is 1. The summed E-state index contributed by atoms with van der Waals surface area (Å²) in [5.41, 5.74) is 8.51. The number of nitrogens with zero attached hydrogens (tertiary/aromatic N) is 9. The molecule has 2 amide bonds. The van der Waals surface area contributed by atoms with E-state index in [0.717, 1.165) is 89.9 Å². The van der Waals surface area contributed by atoms with Crippen molar-refractivity contribution in [3.63, 3.8) is 0 Å². The average Bonchev–Trinajstić information content (AvgIpc) is 4.00. The van der Waals surface area contributed by atoms with Gasteiger partial charge < -0.3 is 29.3 Å². The number of hydrogen-bond acceptors (Lipinski definition) is 17. The van der Waals surface area contributed by atoms with Gasteiger partial charge in [0.15, 0.2) is 15.8 Å². The topological polar surface area (TPSA) is 271 Å². The maximum atomic E-state index is 12.8. The van der Waals surface area contributed by atoms with Gasteiger partial charge in [0.05, 0.1) is 44.7 Å². The Balaban J connectivity index is 0.000000184. The molecule has 0 unspecified atom stereocenters. The molecule has 8 rings (SSSR count). The molecule has 0 spiro atoms. The maximum Gasteiger partial charge on any atom is 0.333 e. The summed E-state index contributed by atoms with van der Waals surface area (Å²) in [7, 11) is 2.02. The molecule has 4 aromatic heterocycles. The van der Waals surface area contributed by atoms with Crippen LogP contribution in [0.15, 0.2) is 95.8 Å². The Morgan fingerprint density at radius 3 is 1.77 bits per heavy atom. The van der Waals surface area contributed by atoms with Gasteiger partial charge in [-0.05, 0) is 84.0 Å². The molecule has 0 fully saturated rings. The molecule has 4 heterocycles. The number of nitrogens with two attached hydrogens (primary N) is 1. The van der Waals surface area contributed by atoms with Crippen molar-refractivity contribution >= 4 is 43.4 Å². The number of ether oxygens (including phenoxy) is 3. The number of pyridine rings is 2. The van der Waals surface area contributed by atoms with Crippen LogP contribution in [-0.2, 0) is 45.7 Å². The lowest BCUT2D eigenvalue weighted by Crippen LogP contribution is -2.35. The van der Waals surface area contributed by atoms with E-state index in [-0.39, 0.29) is 10.1 Å². The van der Waals surface area contributed by atoms with Gasteiger partial charge in [-0.2, -0.15) is 8.42 Å². The SMILES string of the molecule is CN(C)c1cncc(S(N)(=O)=O)n1.COc1cc(-c2ccc3c(c2NC(=O)NS(=O)(=O)c2cncc(N(C)C)n2)CCC3)ccn1.COc1cc(-c2ccc3c(c2OC#N)CCC3)ccn1. The fraction of sp³-hybridized carbons (Fsp3) is 0.273. The van der Waals surface area contributed by atoms with Gasteiger partial charge in [0, 0.05) is 63.8 Å². The minimum Gasteiger partial charge on any atom is -0.481 e. The number of nitriles is 1. The largest absolute Gasteiger partial charge is 0.481 e. The molecular formula is C44H48N12O8S2. The lowest BCUT2D eigenvalue weighted by molar-refractivity contribution is 0.256. The molecule has 0 atom stereocenters. The van der Waals surface area contributed by atoms with Crippen molar-refractivity contribution in [2.75, 3.05) is 57.5 Å². The number of urea groups is 1. The molecule has 2 aromatic carbocycles. The Morgan fingerprint density at radius 1 is 0.712 bits per heavy atom. The monoisotopic (exact) mass is 936 g/mol. The van der Waals surface area contributed by atoms with Crippen LogP contribution in [0.25, 0.3) is 22.3 Å². The second-order valence-corrected chi connectivity index (χ2v) is 18.2. The van der Waals surface area contributed by atoms with Gasteiger partial charge in [0.25, 0.3) is 26.3 Å². The molecule has 4 N–H and O–H groups in total. The van der Waals surface area contributed by atoms with Gasteiger partial charge >= 0.3 is 6.03 Å². The van der Waals surface area contributed by atoms with Crippen molar-refractivity contribution in [1.29, 1.82) is 5.26 Å². The molecule has 0 bridgehead atoms. The number of nitrogens with one attached hydrogen (secondary N) is 2. The van der Waals surface area contributed by atoms with Crippen LogP contribution in [0.1, 0.15) is 35.1 Å². The van der Waals surface area contributed by atoms with E-state index in [9.17, 15) is 21.6 Å². The second-order valence-electron chi connectivity index (χ2n) is 15.1. The van der Waals surface area contributed by atoms with Gasteiger partial charge in [0.1, 0.15) is 11.6 Å². The van der Waals surface area contributed by atoms with Crippen molar-refractivity contribution in [2.24, 2.45) is 5.14 Å². The first-order valence-corrected chi connectivity index (χ1v) is 23.3. The fourth-order valence-corrected chi connectivity index (χ4v) is 8.38. The zero-order valence-electron chi connectivity index (χ0n) is 37.0. The predicted molar refractivity (Wildman–Crippen MR) is 246 cm³/mol. The van der Waals surface area contributed by atoms with E-state index in [0.29, 0.717) is 34.8 Å². The van der Waals surface area contributed by atoms with Crippen LogP contribution in [0.2, 0.25) is 0 Å². The van der Waals surface area contributed by atoms with Crippen molar-refractivity contribution < 1.29 is 35.8 Å². The first-order chi connectivity index (χ1) is 31.5. The van der Waals surface area contributed by atoms with Crippen LogP contribution < -0.4 is 39.2 Å². The van der Waals surface area contributed by atoms with E-state index in [1.165, 1.54) is 25.1 Å². The van der Waals surface area contributed by atoms with E-state index < -0.39 is 26.1 Å². The lowest BCUT2D eigenvalue weighted by atomic mass is 9.98. The predicted octanol–water partition coefficient (Wildman–Crippen LogP) is 4.91. The van der Waals surface area contributed by atoms with Crippen LogP contribution in [0.4, 0.5) is 22.1 Å². The molecule has 66 heavy (non-hydrogen) atoms. The van der Waals surface area contributed by atoms with Gasteiger partial charge in [-0.15, -0.1) is 5.26 Å². The highest BCUT2D eigenvalue weighted by Crippen LogP contribution is 2.40. The molecule has 2 aliphatic carbocycles. The highest BCUT2D eigenvalue weighted by molar-refractivity contribution is 7.90. The van der Waals surface area contributed by atoms with E-state index in [2.05, 4.69) is 41.3 Å². The molecular weight excluding hydrogens is 889 g/mol. The van der Waals surface area contributed by atoms with E-state index in [1.807, 2.05) is 35.1 Å². The summed E-state index contributed by atoms with van der Waals surface area (Å²) in [5, 5.41) is 16.0.